The van der Waals surface area contributed by atoms with Crippen LogP contribution in [0.2, 0.25) is 0 Å². The summed E-state index contributed by atoms with van der Waals surface area (Å²) in [5.74, 6) is 0. The molecule has 360 valence electrons. The minimum absolute atomic E-state index is 0.118. The molecule has 0 saturated carbocycles. The van der Waals surface area contributed by atoms with Gasteiger partial charge in [-0.05, 0) is 212 Å². The van der Waals surface area contributed by atoms with Crippen molar-refractivity contribution in [3.8, 4) is 11.1 Å². The molecule has 0 fully saturated rings. The van der Waals surface area contributed by atoms with Gasteiger partial charge in [0.05, 0.1) is 0 Å². The number of urea groups is 2. The highest BCUT2D eigenvalue weighted by Crippen LogP contribution is 2.24. The van der Waals surface area contributed by atoms with Gasteiger partial charge in [0, 0.05) is 49.3 Å². The molecule has 0 bridgehead atoms. The molecule has 13 N–H and O–H groups in total. The van der Waals surface area contributed by atoms with Crippen LogP contribution in [-0.2, 0) is 19.6 Å². The van der Waals surface area contributed by atoms with Crippen molar-refractivity contribution in [3.63, 3.8) is 0 Å². The molecular formula is C48H90N12O3. The average molecular weight is 883 g/mol. The number of benzene rings is 2. The van der Waals surface area contributed by atoms with E-state index in [0.717, 1.165) is 124 Å². The minimum Gasteiger partial charge on any atom is -0.365 e. The third-order valence-corrected chi connectivity index (χ3v) is 9.47. The van der Waals surface area contributed by atoms with Crippen LogP contribution in [0.15, 0.2) is 42.5 Å². The van der Waals surface area contributed by atoms with Crippen LogP contribution in [0.4, 0.5) is 9.59 Å². The summed E-state index contributed by atoms with van der Waals surface area (Å²) in [5.41, 5.74) is 5.66. The highest BCUT2D eigenvalue weighted by molar-refractivity contribution is 5.75. The summed E-state index contributed by atoms with van der Waals surface area (Å²) in [4.78, 5) is 23.9. The van der Waals surface area contributed by atoms with Gasteiger partial charge in [0.1, 0.15) is 0 Å². The van der Waals surface area contributed by atoms with Gasteiger partial charge in [0.25, 0.3) is 0 Å². The van der Waals surface area contributed by atoms with E-state index in [2.05, 4.69) is 106 Å². The number of rotatable bonds is 33. The topological polar surface area (TPSA) is 199 Å². The van der Waals surface area contributed by atoms with E-state index in [1.165, 1.54) is 27.8 Å². The number of aliphatic hydroxyl groups is 1. The molecule has 15 heteroatoms. The van der Waals surface area contributed by atoms with E-state index in [1.807, 2.05) is 62.3 Å². The van der Waals surface area contributed by atoms with Crippen molar-refractivity contribution in [2.45, 2.75) is 143 Å². The Bertz CT molecular complexity index is 1460. The van der Waals surface area contributed by atoms with Gasteiger partial charge in [-0.15, -0.1) is 0 Å². The zero-order valence-electron chi connectivity index (χ0n) is 40.7. The van der Waals surface area contributed by atoms with Crippen molar-refractivity contribution in [1.29, 1.82) is 0 Å². The molecule has 4 amide bonds. The zero-order chi connectivity index (χ0) is 46.4. The third-order valence-electron chi connectivity index (χ3n) is 9.47. The lowest BCUT2D eigenvalue weighted by molar-refractivity contribution is 0.0744. The number of amides is 4. The molecule has 2 rings (SSSR count). The number of nitrogens with one attached hydrogen (secondary N) is 12. The first-order valence-electron chi connectivity index (χ1n) is 23.7. The summed E-state index contributed by atoms with van der Waals surface area (Å²) in [6.45, 7) is 30.6. The van der Waals surface area contributed by atoms with Crippen LogP contribution in [-0.4, -0.2) is 119 Å². The van der Waals surface area contributed by atoms with E-state index in [9.17, 15) is 14.7 Å². The Morgan fingerprint density at radius 1 is 0.460 bits per heavy atom. The average Bonchev–Trinajstić information content (AvgIpc) is 3.18. The second-order valence-electron chi connectivity index (χ2n) is 19.7. The molecule has 15 nitrogen and oxygen atoms in total. The smallest absolute Gasteiger partial charge is 0.315 e. The van der Waals surface area contributed by atoms with E-state index in [1.54, 1.807) is 0 Å². The van der Waals surface area contributed by atoms with Gasteiger partial charge in [0.2, 0.25) is 0 Å². The van der Waals surface area contributed by atoms with Crippen molar-refractivity contribution >= 4 is 12.1 Å². The standard InChI is InChI=1S/C48H90N12O3/c1-46(2,3)58-43(61)55-28-14-22-49-19-11-25-52-35-38-17-10-18-41(32-38)42-33-39(36-53-26-12-20-50-23-15-29-56-44(62)59-47(4,5)6)31-40(34-42)37-54-27-13-21-51-24-16-30-57-45(63)60-48(7,8)9/h10,17-18,31-34,43,49-55,58,61H,11-16,19-30,35-37H2,1-9H3,(H2,56,59,62)(H2,57,60,63). The van der Waals surface area contributed by atoms with E-state index >= 15 is 0 Å². The molecule has 0 saturated heterocycles. The van der Waals surface area contributed by atoms with Crippen LogP contribution in [0.3, 0.4) is 0 Å². The molecular weight excluding hydrogens is 793 g/mol. The molecule has 0 aliphatic rings. The normalized spacial score (nSPS) is 12.6. The monoisotopic (exact) mass is 883 g/mol. The van der Waals surface area contributed by atoms with Gasteiger partial charge in [-0.25, -0.2) is 9.59 Å². The highest BCUT2D eigenvalue weighted by Gasteiger charge is 2.15. The predicted octanol–water partition coefficient (Wildman–Crippen LogP) is 4.18. The Kier molecular flexibility index (Phi) is 27.9. The lowest BCUT2D eigenvalue weighted by Gasteiger charge is -2.25. The van der Waals surface area contributed by atoms with E-state index < -0.39 is 6.35 Å². The van der Waals surface area contributed by atoms with Gasteiger partial charge < -0.3 is 58.3 Å². The summed E-state index contributed by atoms with van der Waals surface area (Å²) in [7, 11) is 0. The molecule has 0 aromatic heterocycles. The predicted molar refractivity (Wildman–Crippen MR) is 263 cm³/mol. The fourth-order valence-corrected chi connectivity index (χ4v) is 6.60. The summed E-state index contributed by atoms with van der Waals surface area (Å²) in [5, 5.41) is 49.4. The molecule has 0 aliphatic heterocycles. The maximum Gasteiger partial charge on any atom is 0.315 e. The summed E-state index contributed by atoms with van der Waals surface area (Å²) in [6, 6.07) is 15.6. The lowest BCUT2D eigenvalue weighted by Crippen LogP contribution is -2.51. The molecule has 0 spiro atoms. The Hall–Kier alpha value is -3.38. The van der Waals surface area contributed by atoms with Gasteiger partial charge in [-0.3, -0.25) is 10.6 Å². The SMILES string of the molecule is CC(C)(C)NC(=O)NCCCNCCCNCc1cc(CNCCCNCCCNC(=O)NC(C)(C)C)cc(-c2cccc(CNCCCNCCCNC(O)NC(C)(C)C)c2)c1. The number of hydrogen-bond donors (Lipinski definition) is 13. The lowest BCUT2D eigenvalue weighted by atomic mass is 9.98. The maximum absolute atomic E-state index is 11.9. The van der Waals surface area contributed by atoms with Crippen molar-refractivity contribution in [2.24, 2.45) is 0 Å². The van der Waals surface area contributed by atoms with Gasteiger partial charge in [0.15, 0.2) is 6.35 Å². The van der Waals surface area contributed by atoms with Crippen LogP contribution in [0.5, 0.6) is 0 Å². The van der Waals surface area contributed by atoms with Crippen molar-refractivity contribution in [2.75, 3.05) is 78.5 Å². The van der Waals surface area contributed by atoms with Gasteiger partial charge in [-0.1, -0.05) is 24.3 Å². The molecule has 63 heavy (non-hydrogen) atoms. The number of carbonyl (C=O) groups excluding carboxylic acids is 2. The first-order valence-corrected chi connectivity index (χ1v) is 23.7. The van der Waals surface area contributed by atoms with Crippen molar-refractivity contribution in [1.82, 2.24) is 63.8 Å². The number of aliphatic hydroxyl groups excluding tert-OH is 1. The van der Waals surface area contributed by atoms with Crippen LogP contribution < -0.4 is 63.8 Å². The Morgan fingerprint density at radius 2 is 0.841 bits per heavy atom. The van der Waals surface area contributed by atoms with E-state index in [4.69, 9.17) is 0 Å². The van der Waals surface area contributed by atoms with Crippen LogP contribution in [0.1, 0.15) is 118 Å². The second kappa shape index (κ2) is 31.5. The number of carbonyl (C=O) groups is 2. The second-order valence-corrected chi connectivity index (χ2v) is 19.7. The van der Waals surface area contributed by atoms with E-state index in [-0.39, 0.29) is 28.7 Å². The Morgan fingerprint density at radius 3 is 1.27 bits per heavy atom. The number of hydrogen-bond acceptors (Lipinski definition) is 11. The van der Waals surface area contributed by atoms with Crippen LogP contribution >= 0.6 is 0 Å². The molecule has 1 unspecified atom stereocenters. The molecule has 0 heterocycles. The summed E-state index contributed by atoms with van der Waals surface area (Å²) >= 11 is 0. The molecule has 2 aromatic rings. The highest BCUT2D eigenvalue weighted by atomic mass is 16.3. The fourth-order valence-electron chi connectivity index (χ4n) is 6.60. The molecule has 0 radical (unpaired) electrons. The molecule has 2 aromatic carbocycles. The van der Waals surface area contributed by atoms with Crippen molar-refractivity contribution in [3.05, 3.63) is 59.2 Å². The Labute approximate surface area is 381 Å². The molecule has 1 atom stereocenters. The fraction of sp³-hybridized carbons (Fsp3) is 0.708. The first kappa shape index (κ1) is 55.8. The molecule has 0 aliphatic carbocycles. The van der Waals surface area contributed by atoms with Crippen LogP contribution in [0, 0.1) is 0 Å². The maximum atomic E-state index is 11.9. The largest absolute Gasteiger partial charge is 0.365 e. The first-order chi connectivity index (χ1) is 29.9. The summed E-state index contributed by atoms with van der Waals surface area (Å²) in [6.07, 6.45) is 5.12. The zero-order valence-corrected chi connectivity index (χ0v) is 40.7. The minimum atomic E-state index is -0.691. The van der Waals surface area contributed by atoms with Gasteiger partial charge >= 0.3 is 12.1 Å². The quantitative estimate of drug-likeness (QED) is 0.0363. The summed E-state index contributed by atoms with van der Waals surface area (Å²) < 4.78 is 0. The van der Waals surface area contributed by atoms with Crippen LogP contribution in [0.25, 0.3) is 11.1 Å². The third kappa shape index (κ3) is 32.0. The van der Waals surface area contributed by atoms with Gasteiger partial charge in [-0.2, -0.15) is 0 Å². The van der Waals surface area contributed by atoms with E-state index in [0.29, 0.717) is 13.1 Å². The van der Waals surface area contributed by atoms with Crippen molar-refractivity contribution < 1.29 is 14.7 Å². The Balaban J connectivity index is 1.81.